The lowest BCUT2D eigenvalue weighted by molar-refractivity contribution is -0.131. The third-order valence-electron chi connectivity index (χ3n) is 4.61. The first-order valence-corrected chi connectivity index (χ1v) is 7.09. The molecule has 17 heavy (non-hydrogen) atoms. The number of hydrogen-bond acceptors (Lipinski definition) is 2. The van der Waals surface area contributed by atoms with E-state index >= 15 is 0 Å². The highest BCUT2D eigenvalue weighted by Crippen LogP contribution is 2.31. The molecule has 1 saturated carbocycles. The SMILES string of the molecule is CC1CCC(CNC(=O)C2(C)CCNCC2)C1. The third-order valence-corrected chi connectivity index (χ3v) is 4.61. The van der Waals surface area contributed by atoms with E-state index in [0.717, 1.165) is 44.3 Å². The second-order valence-corrected chi connectivity index (χ2v) is 6.30. The summed E-state index contributed by atoms with van der Waals surface area (Å²) in [6.45, 7) is 7.28. The fourth-order valence-corrected chi connectivity index (χ4v) is 3.17. The standard InChI is InChI=1S/C14H26N2O/c1-11-3-4-12(9-11)10-16-13(17)14(2)5-7-15-8-6-14/h11-12,15H,3-10H2,1-2H3,(H,16,17). The van der Waals surface area contributed by atoms with Crippen LogP contribution in [0.2, 0.25) is 0 Å². The summed E-state index contributed by atoms with van der Waals surface area (Å²) in [5, 5.41) is 6.51. The molecule has 2 atom stereocenters. The zero-order valence-corrected chi connectivity index (χ0v) is 11.2. The lowest BCUT2D eigenvalue weighted by Gasteiger charge is -2.32. The van der Waals surface area contributed by atoms with Crippen molar-refractivity contribution in [1.82, 2.24) is 10.6 Å². The molecule has 1 saturated heterocycles. The van der Waals surface area contributed by atoms with Crippen molar-refractivity contribution in [1.29, 1.82) is 0 Å². The molecule has 2 N–H and O–H groups in total. The Morgan fingerprint density at radius 1 is 1.35 bits per heavy atom. The summed E-state index contributed by atoms with van der Waals surface area (Å²) in [5.41, 5.74) is -0.129. The Kier molecular flexibility index (Phi) is 4.08. The molecular weight excluding hydrogens is 212 g/mol. The molecular formula is C14H26N2O. The fourth-order valence-electron chi connectivity index (χ4n) is 3.17. The minimum atomic E-state index is -0.129. The van der Waals surface area contributed by atoms with E-state index in [0.29, 0.717) is 0 Å². The van der Waals surface area contributed by atoms with Crippen molar-refractivity contribution in [2.24, 2.45) is 17.3 Å². The van der Waals surface area contributed by atoms with E-state index in [9.17, 15) is 4.79 Å². The van der Waals surface area contributed by atoms with E-state index in [1.165, 1.54) is 19.3 Å². The monoisotopic (exact) mass is 238 g/mol. The highest BCUT2D eigenvalue weighted by atomic mass is 16.2. The van der Waals surface area contributed by atoms with E-state index in [2.05, 4.69) is 24.5 Å². The van der Waals surface area contributed by atoms with E-state index < -0.39 is 0 Å². The normalized spacial score (nSPS) is 32.4. The van der Waals surface area contributed by atoms with E-state index in [1.54, 1.807) is 0 Å². The number of nitrogens with one attached hydrogen (secondary N) is 2. The van der Waals surface area contributed by atoms with Gasteiger partial charge in [-0.2, -0.15) is 0 Å². The average Bonchev–Trinajstić information content (AvgIpc) is 2.73. The molecule has 2 aliphatic rings. The van der Waals surface area contributed by atoms with Gasteiger partial charge in [0.1, 0.15) is 0 Å². The topological polar surface area (TPSA) is 41.1 Å². The molecule has 98 valence electrons. The molecule has 3 nitrogen and oxygen atoms in total. The molecule has 0 aromatic heterocycles. The molecule has 1 aliphatic heterocycles. The van der Waals surface area contributed by atoms with Gasteiger partial charge < -0.3 is 10.6 Å². The van der Waals surface area contributed by atoms with Crippen molar-refractivity contribution in [2.75, 3.05) is 19.6 Å². The van der Waals surface area contributed by atoms with Gasteiger partial charge in [-0.15, -0.1) is 0 Å². The first-order chi connectivity index (χ1) is 8.10. The van der Waals surface area contributed by atoms with Crippen molar-refractivity contribution in [2.45, 2.75) is 46.0 Å². The molecule has 0 radical (unpaired) electrons. The average molecular weight is 238 g/mol. The first kappa shape index (κ1) is 12.9. The van der Waals surface area contributed by atoms with Crippen LogP contribution in [-0.4, -0.2) is 25.5 Å². The van der Waals surface area contributed by atoms with Crippen molar-refractivity contribution in [3.8, 4) is 0 Å². The van der Waals surface area contributed by atoms with Gasteiger partial charge in [-0.3, -0.25) is 4.79 Å². The minimum absolute atomic E-state index is 0.129. The third kappa shape index (κ3) is 3.21. The maximum Gasteiger partial charge on any atom is 0.226 e. The Morgan fingerprint density at radius 2 is 2.06 bits per heavy atom. The summed E-state index contributed by atoms with van der Waals surface area (Å²) in [6, 6.07) is 0. The smallest absolute Gasteiger partial charge is 0.226 e. The fraction of sp³-hybridized carbons (Fsp3) is 0.929. The highest BCUT2D eigenvalue weighted by molar-refractivity contribution is 5.82. The highest BCUT2D eigenvalue weighted by Gasteiger charge is 2.34. The lowest BCUT2D eigenvalue weighted by atomic mass is 9.80. The molecule has 1 heterocycles. The Morgan fingerprint density at radius 3 is 2.65 bits per heavy atom. The van der Waals surface area contributed by atoms with Gasteiger partial charge in [0.15, 0.2) is 0 Å². The molecule has 1 aliphatic carbocycles. The molecule has 0 aromatic carbocycles. The van der Waals surface area contributed by atoms with Crippen LogP contribution in [0.15, 0.2) is 0 Å². The summed E-state index contributed by atoms with van der Waals surface area (Å²) in [7, 11) is 0. The maximum absolute atomic E-state index is 12.2. The molecule has 0 aromatic rings. The Labute approximate surface area is 105 Å². The van der Waals surface area contributed by atoms with Crippen LogP contribution in [0, 0.1) is 17.3 Å². The van der Waals surface area contributed by atoms with Crippen LogP contribution in [0.5, 0.6) is 0 Å². The summed E-state index contributed by atoms with van der Waals surface area (Å²) in [4.78, 5) is 12.2. The molecule has 0 bridgehead atoms. The summed E-state index contributed by atoms with van der Waals surface area (Å²) in [6.07, 6.45) is 5.86. The summed E-state index contributed by atoms with van der Waals surface area (Å²) < 4.78 is 0. The van der Waals surface area contributed by atoms with E-state index in [4.69, 9.17) is 0 Å². The predicted octanol–water partition coefficient (Wildman–Crippen LogP) is 1.93. The number of rotatable bonds is 3. The van der Waals surface area contributed by atoms with Crippen LogP contribution in [0.1, 0.15) is 46.0 Å². The van der Waals surface area contributed by atoms with Gasteiger partial charge in [-0.1, -0.05) is 20.3 Å². The largest absolute Gasteiger partial charge is 0.355 e. The van der Waals surface area contributed by atoms with Crippen molar-refractivity contribution < 1.29 is 4.79 Å². The number of hydrogen-bond donors (Lipinski definition) is 2. The molecule has 2 rings (SSSR count). The minimum Gasteiger partial charge on any atom is -0.355 e. The molecule has 1 amide bonds. The zero-order chi connectivity index (χ0) is 12.3. The zero-order valence-electron chi connectivity index (χ0n) is 11.2. The van der Waals surface area contributed by atoms with Crippen molar-refractivity contribution in [3.63, 3.8) is 0 Å². The van der Waals surface area contributed by atoms with Crippen LogP contribution in [0.3, 0.4) is 0 Å². The molecule has 0 spiro atoms. The second kappa shape index (κ2) is 5.38. The Balaban J connectivity index is 1.76. The quantitative estimate of drug-likeness (QED) is 0.789. The lowest BCUT2D eigenvalue weighted by Crippen LogP contribution is -2.46. The number of carbonyl (C=O) groups excluding carboxylic acids is 1. The van der Waals surface area contributed by atoms with Crippen LogP contribution < -0.4 is 10.6 Å². The molecule has 2 unspecified atom stereocenters. The van der Waals surface area contributed by atoms with Gasteiger partial charge in [-0.05, 0) is 50.6 Å². The molecule has 3 heteroatoms. The van der Waals surface area contributed by atoms with Gasteiger partial charge in [0.2, 0.25) is 5.91 Å². The van der Waals surface area contributed by atoms with Crippen LogP contribution in [0.25, 0.3) is 0 Å². The van der Waals surface area contributed by atoms with E-state index in [1.807, 2.05) is 0 Å². The number of piperidine rings is 1. The van der Waals surface area contributed by atoms with E-state index in [-0.39, 0.29) is 11.3 Å². The summed E-state index contributed by atoms with van der Waals surface area (Å²) >= 11 is 0. The van der Waals surface area contributed by atoms with Gasteiger partial charge in [-0.25, -0.2) is 0 Å². The van der Waals surface area contributed by atoms with Crippen molar-refractivity contribution in [3.05, 3.63) is 0 Å². The summed E-state index contributed by atoms with van der Waals surface area (Å²) in [5.74, 6) is 1.85. The predicted molar refractivity (Wildman–Crippen MR) is 69.7 cm³/mol. The van der Waals surface area contributed by atoms with Crippen LogP contribution in [0.4, 0.5) is 0 Å². The van der Waals surface area contributed by atoms with Gasteiger partial charge >= 0.3 is 0 Å². The second-order valence-electron chi connectivity index (χ2n) is 6.30. The molecule has 2 fully saturated rings. The van der Waals surface area contributed by atoms with Gasteiger partial charge in [0.25, 0.3) is 0 Å². The maximum atomic E-state index is 12.2. The van der Waals surface area contributed by atoms with Gasteiger partial charge in [0, 0.05) is 12.0 Å². The van der Waals surface area contributed by atoms with Gasteiger partial charge in [0.05, 0.1) is 0 Å². The first-order valence-electron chi connectivity index (χ1n) is 7.09. The van der Waals surface area contributed by atoms with Crippen LogP contribution in [-0.2, 0) is 4.79 Å². The Hall–Kier alpha value is -0.570. The Bertz CT molecular complexity index is 271. The number of amides is 1. The van der Waals surface area contributed by atoms with Crippen molar-refractivity contribution >= 4 is 5.91 Å². The number of carbonyl (C=O) groups is 1. The van der Waals surface area contributed by atoms with Crippen LogP contribution >= 0.6 is 0 Å².